The van der Waals surface area contributed by atoms with E-state index in [4.69, 9.17) is 4.74 Å². The molecule has 21 heavy (non-hydrogen) atoms. The van der Waals surface area contributed by atoms with E-state index < -0.39 is 0 Å². The van der Waals surface area contributed by atoms with E-state index in [1.807, 2.05) is 7.11 Å². The topological polar surface area (TPSA) is 24.5 Å². The van der Waals surface area contributed by atoms with Gasteiger partial charge in [0.15, 0.2) is 0 Å². The number of benzene rings is 1. The minimum absolute atomic E-state index is 0.0166. The monoisotopic (exact) mass is 290 g/mol. The number of piperidine rings is 1. The lowest BCUT2D eigenvalue weighted by atomic mass is 9.93. The third-order valence-corrected chi connectivity index (χ3v) is 4.47. The van der Waals surface area contributed by atoms with E-state index in [1.165, 1.54) is 29.7 Å². The van der Waals surface area contributed by atoms with E-state index in [2.05, 4.69) is 49.2 Å². The summed E-state index contributed by atoms with van der Waals surface area (Å²) in [7, 11) is 1.84. The molecule has 1 heterocycles. The van der Waals surface area contributed by atoms with Crippen molar-refractivity contribution in [1.29, 1.82) is 0 Å². The zero-order valence-corrected chi connectivity index (χ0v) is 14.0. The summed E-state index contributed by atoms with van der Waals surface area (Å²) in [6.45, 7) is 10.7. The molecule has 1 atom stereocenters. The number of nitrogens with one attached hydrogen (secondary N) is 1. The maximum Gasteiger partial charge on any atom is 0.0825 e. The van der Waals surface area contributed by atoms with Crippen molar-refractivity contribution in [3.05, 3.63) is 29.3 Å². The lowest BCUT2D eigenvalue weighted by Crippen LogP contribution is -2.47. The largest absolute Gasteiger partial charge is 0.377 e. The van der Waals surface area contributed by atoms with Crippen LogP contribution in [-0.4, -0.2) is 32.3 Å². The van der Waals surface area contributed by atoms with Gasteiger partial charge < -0.3 is 15.0 Å². The van der Waals surface area contributed by atoms with E-state index in [-0.39, 0.29) is 5.60 Å². The molecule has 1 saturated heterocycles. The Balaban J connectivity index is 2.17. The average molecular weight is 290 g/mol. The molecule has 1 aliphatic heterocycles. The lowest BCUT2D eigenvalue weighted by molar-refractivity contribution is -0.00468. The molecular formula is C18H30N2O. The van der Waals surface area contributed by atoms with Crippen LogP contribution < -0.4 is 10.2 Å². The van der Waals surface area contributed by atoms with Crippen molar-refractivity contribution >= 4 is 5.69 Å². The van der Waals surface area contributed by atoms with Gasteiger partial charge in [0, 0.05) is 32.4 Å². The maximum absolute atomic E-state index is 5.74. The normalized spacial score (nSPS) is 22.6. The predicted molar refractivity (Wildman–Crippen MR) is 90.0 cm³/mol. The Morgan fingerprint density at radius 2 is 2.19 bits per heavy atom. The molecule has 3 heteroatoms. The molecule has 118 valence electrons. The number of aryl methyl sites for hydroxylation is 1. The SMILES string of the molecule is CCCNCc1cc(C)ccc1N1CCCC(C)(OC)C1. The van der Waals surface area contributed by atoms with Gasteiger partial charge >= 0.3 is 0 Å². The first-order valence-electron chi connectivity index (χ1n) is 8.18. The summed E-state index contributed by atoms with van der Waals surface area (Å²) in [5.41, 5.74) is 4.09. The van der Waals surface area contributed by atoms with Gasteiger partial charge in [-0.2, -0.15) is 0 Å². The number of anilines is 1. The van der Waals surface area contributed by atoms with Crippen molar-refractivity contribution in [3.8, 4) is 0 Å². The van der Waals surface area contributed by atoms with E-state index >= 15 is 0 Å². The van der Waals surface area contributed by atoms with Crippen LogP contribution in [0.4, 0.5) is 5.69 Å². The molecule has 0 aliphatic carbocycles. The van der Waals surface area contributed by atoms with Gasteiger partial charge in [0.2, 0.25) is 0 Å². The lowest BCUT2D eigenvalue weighted by Gasteiger charge is -2.41. The minimum Gasteiger partial charge on any atom is -0.377 e. The fraction of sp³-hybridized carbons (Fsp3) is 0.667. The quantitative estimate of drug-likeness (QED) is 0.812. The number of methoxy groups -OCH3 is 1. The zero-order valence-electron chi connectivity index (χ0n) is 14.0. The Kier molecular flexibility index (Phi) is 5.65. The molecule has 1 fully saturated rings. The highest BCUT2D eigenvalue weighted by molar-refractivity contribution is 5.55. The Morgan fingerprint density at radius 3 is 2.90 bits per heavy atom. The van der Waals surface area contributed by atoms with Crippen LogP contribution in [0, 0.1) is 6.92 Å². The molecule has 1 aromatic rings. The first-order chi connectivity index (χ1) is 10.1. The van der Waals surface area contributed by atoms with Crippen molar-refractivity contribution < 1.29 is 4.74 Å². The minimum atomic E-state index is -0.0166. The van der Waals surface area contributed by atoms with Crippen molar-refractivity contribution in [2.24, 2.45) is 0 Å². The molecule has 0 amide bonds. The molecule has 0 aromatic heterocycles. The summed E-state index contributed by atoms with van der Waals surface area (Å²) < 4.78 is 5.74. The maximum atomic E-state index is 5.74. The van der Waals surface area contributed by atoms with Crippen LogP contribution in [0.25, 0.3) is 0 Å². The Hall–Kier alpha value is -1.06. The summed E-state index contributed by atoms with van der Waals surface area (Å²) in [5.74, 6) is 0. The van der Waals surface area contributed by atoms with Gasteiger partial charge in [-0.3, -0.25) is 0 Å². The average Bonchev–Trinajstić information content (AvgIpc) is 2.48. The summed E-state index contributed by atoms with van der Waals surface area (Å²) in [6.07, 6.45) is 3.52. The van der Waals surface area contributed by atoms with Gasteiger partial charge in [-0.1, -0.05) is 24.6 Å². The molecule has 0 saturated carbocycles. The highest BCUT2D eigenvalue weighted by atomic mass is 16.5. The molecule has 1 aliphatic rings. The first-order valence-corrected chi connectivity index (χ1v) is 8.18. The molecule has 1 N–H and O–H groups in total. The van der Waals surface area contributed by atoms with Crippen LogP contribution in [0.5, 0.6) is 0 Å². The van der Waals surface area contributed by atoms with E-state index in [1.54, 1.807) is 0 Å². The van der Waals surface area contributed by atoms with Gasteiger partial charge in [0.1, 0.15) is 0 Å². The van der Waals surface area contributed by atoms with Crippen molar-refractivity contribution in [3.63, 3.8) is 0 Å². The first kappa shape index (κ1) is 16.3. The molecule has 1 aromatic carbocycles. The molecular weight excluding hydrogens is 260 g/mol. The summed E-state index contributed by atoms with van der Waals surface area (Å²) in [5, 5.41) is 3.53. The van der Waals surface area contributed by atoms with Crippen LogP contribution in [-0.2, 0) is 11.3 Å². The fourth-order valence-electron chi connectivity index (χ4n) is 3.14. The smallest absolute Gasteiger partial charge is 0.0825 e. The third kappa shape index (κ3) is 4.21. The van der Waals surface area contributed by atoms with Crippen LogP contribution in [0.15, 0.2) is 18.2 Å². The summed E-state index contributed by atoms with van der Waals surface area (Å²) in [6, 6.07) is 6.81. The van der Waals surface area contributed by atoms with Crippen LogP contribution >= 0.6 is 0 Å². The predicted octanol–water partition coefficient (Wildman–Crippen LogP) is 3.50. The van der Waals surface area contributed by atoms with Gasteiger partial charge in [-0.25, -0.2) is 0 Å². The van der Waals surface area contributed by atoms with E-state index in [9.17, 15) is 0 Å². The van der Waals surface area contributed by atoms with Gasteiger partial charge in [0.25, 0.3) is 0 Å². The highest BCUT2D eigenvalue weighted by Gasteiger charge is 2.31. The van der Waals surface area contributed by atoms with Crippen LogP contribution in [0.2, 0.25) is 0 Å². The Bertz CT molecular complexity index is 461. The molecule has 3 nitrogen and oxygen atoms in total. The highest BCUT2D eigenvalue weighted by Crippen LogP contribution is 2.30. The van der Waals surface area contributed by atoms with Gasteiger partial charge in [-0.05, 0) is 51.3 Å². The number of nitrogens with zero attached hydrogens (tertiary/aromatic N) is 1. The van der Waals surface area contributed by atoms with Crippen molar-refractivity contribution in [2.45, 2.75) is 52.2 Å². The van der Waals surface area contributed by atoms with Gasteiger partial charge in [-0.15, -0.1) is 0 Å². The van der Waals surface area contributed by atoms with Crippen molar-refractivity contribution in [1.82, 2.24) is 5.32 Å². The Labute approximate surface area is 129 Å². The molecule has 0 radical (unpaired) electrons. The standard InChI is InChI=1S/C18H30N2O/c1-5-10-19-13-16-12-15(2)7-8-17(16)20-11-6-9-18(3,14-20)21-4/h7-8,12,19H,5-6,9-11,13-14H2,1-4H3. The second kappa shape index (κ2) is 7.28. The third-order valence-electron chi connectivity index (χ3n) is 4.47. The van der Waals surface area contributed by atoms with Crippen molar-refractivity contribution in [2.75, 3.05) is 31.6 Å². The Morgan fingerprint density at radius 1 is 1.38 bits per heavy atom. The second-order valence-corrected chi connectivity index (χ2v) is 6.49. The van der Waals surface area contributed by atoms with E-state index in [0.29, 0.717) is 0 Å². The number of hydrogen-bond donors (Lipinski definition) is 1. The molecule has 0 bridgehead atoms. The number of rotatable bonds is 6. The molecule has 1 unspecified atom stereocenters. The van der Waals surface area contributed by atoms with Crippen LogP contribution in [0.3, 0.4) is 0 Å². The zero-order chi connectivity index (χ0) is 15.3. The van der Waals surface area contributed by atoms with Gasteiger partial charge in [0.05, 0.1) is 5.60 Å². The van der Waals surface area contributed by atoms with Crippen LogP contribution in [0.1, 0.15) is 44.2 Å². The molecule has 2 rings (SSSR count). The van der Waals surface area contributed by atoms with E-state index in [0.717, 1.165) is 32.6 Å². The summed E-state index contributed by atoms with van der Waals surface area (Å²) >= 11 is 0. The molecule has 0 spiro atoms. The number of hydrogen-bond acceptors (Lipinski definition) is 3. The number of ether oxygens (including phenoxy) is 1. The fourth-order valence-corrected chi connectivity index (χ4v) is 3.14. The second-order valence-electron chi connectivity index (χ2n) is 6.49. The summed E-state index contributed by atoms with van der Waals surface area (Å²) in [4.78, 5) is 2.50.